The Kier molecular flexibility index (Phi) is 5.80. The molecule has 2 aliphatic rings. The average molecular weight is 398 g/mol. The minimum absolute atomic E-state index is 0.0403. The van der Waals surface area contributed by atoms with Crippen LogP contribution in [-0.2, 0) is 4.79 Å². The lowest BCUT2D eigenvalue weighted by Crippen LogP contribution is -2.42. The lowest BCUT2D eigenvalue weighted by atomic mass is 10.1. The number of aromatic nitrogens is 2. The van der Waals surface area contributed by atoms with Crippen LogP contribution in [0.1, 0.15) is 24.2 Å². The summed E-state index contributed by atoms with van der Waals surface area (Å²) in [4.78, 5) is 23.3. The van der Waals surface area contributed by atoms with Crippen LogP contribution in [0.15, 0.2) is 24.4 Å². The zero-order valence-electron chi connectivity index (χ0n) is 16.8. The van der Waals surface area contributed by atoms with Gasteiger partial charge in [0.15, 0.2) is 11.5 Å². The van der Waals surface area contributed by atoms with E-state index in [1.54, 1.807) is 12.3 Å². The molecule has 0 aliphatic carbocycles. The maximum absolute atomic E-state index is 12.4. The number of hydrogen-bond acceptors (Lipinski definition) is 7. The molecular weight excluding hydrogens is 372 g/mol. The van der Waals surface area contributed by atoms with Crippen LogP contribution in [0, 0.1) is 13.8 Å². The van der Waals surface area contributed by atoms with E-state index < -0.39 is 0 Å². The molecule has 0 unspecified atom stereocenters. The zero-order valence-corrected chi connectivity index (χ0v) is 16.8. The van der Waals surface area contributed by atoms with Crippen molar-refractivity contribution in [1.82, 2.24) is 14.9 Å². The average Bonchev–Trinajstić information content (AvgIpc) is 2.72. The second-order valence-electron chi connectivity index (χ2n) is 7.40. The summed E-state index contributed by atoms with van der Waals surface area (Å²) < 4.78 is 17.1. The normalized spacial score (nSPS) is 17.0. The van der Waals surface area contributed by atoms with Gasteiger partial charge in [-0.1, -0.05) is 0 Å². The summed E-state index contributed by atoms with van der Waals surface area (Å²) >= 11 is 0. The Morgan fingerprint density at radius 3 is 2.76 bits per heavy atom. The summed E-state index contributed by atoms with van der Waals surface area (Å²) in [5.74, 6) is 1.95. The van der Waals surface area contributed by atoms with Gasteiger partial charge < -0.3 is 19.5 Å². The standard InChI is InChI=1S/C21H26N4O4/c1-14-12-22-15(2)21(23-14)29-17-5-7-25(8-6-17)13-20(26)24-16-3-4-18-19(11-16)28-10-9-27-18/h3-4,11-12,17H,5-10,13H2,1-2H3,(H,24,26). The molecule has 3 heterocycles. The molecule has 1 aromatic heterocycles. The van der Waals surface area contributed by atoms with Crippen molar-refractivity contribution in [3.63, 3.8) is 0 Å². The highest BCUT2D eigenvalue weighted by molar-refractivity contribution is 5.92. The maximum Gasteiger partial charge on any atom is 0.238 e. The minimum atomic E-state index is -0.0403. The number of amides is 1. The lowest BCUT2D eigenvalue weighted by molar-refractivity contribution is -0.117. The number of carbonyl (C=O) groups excluding carboxylic acids is 1. The molecule has 0 saturated carbocycles. The first-order valence-corrected chi connectivity index (χ1v) is 9.95. The molecule has 0 spiro atoms. The van der Waals surface area contributed by atoms with Crippen molar-refractivity contribution < 1.29 is 19.0 Å². The third-order valence-corrected chi connectivity index (χ3v) is 5.04. The van der Waals surface area contributed by atoms with E-state index in [9.17, 15) is 4.79 Å². The fourth-order valence-corrected chi connectivity index (χ4v) is 3.49. The van der Waals surface area contributed by atoms with Crippen molar-refractivity contribution in [2.45, 2.75) is 32.8 Å². The van der Waals surface area contributed by atoms with Gasteiger partial charge in [0.1, 0.15) is 19.3 Å². The number of fused-ring (bicyclic) bond motifs is 1. The molecule has 4 rings (SSSR count). The number of hydrogen-bond donors (Lipinski definition) is 1. The molecule has 0 atom stereocenters. The third kappa shape index (κ3) is 4.95. The minimum Gasteiger partial charge on any atom is -0.486 e. The van der Waals surface area contributed by atoms with Crippen molar-refractivity contribution >= 4 is 11.6 Å². The number of nitrogens with zero attached hydrogens (tertiary/aromatic N) is 3. The molecule has 29 heavy (non-hydrogen) atoms. The van der Waals surface area contributed by atoms with Crippen molar-refractivity contribution in [2.75, 3.05) is 38.2 Å². The molecule has 1 aromatic carbocycles. The van der Waals surface area contributed by atoms with Gasteiger partial charge in [0, 0.05) is 31.0 Å². The van der Waals surface area contributed by atoms with Crippen LogP contribution in [0.4, 0.5) is 5.69 Å². The van der Waals surface area contributed by atoms with Gasteiger partial charge in [0.2, 0.25) is 11.8 Å². The van der Waals surface area contributed by atoms with Crippen molar-refractivity contribution in [3.05, 3.63) is 35.8 Å². The molecule has 2 aromatic rings. The second-order valence-corrected chi connectivity index (χ2v) is 7.40. The van der Waals surface area contributed by atoms with E-state index in [1.165, 1.54) is 0 Å². The molecule has 8 nitrogen and oxygen atoms in total. The second kappa shape index (κ2) is 8.65. The van der Waals surface area contributed by atoms with Crippen LogP contribution in [0.2, 0.25) is 0 Å². The summed E-state index contributed by atoms with van der Waals surface area (Å²) in [6.45, 7) is 6.84. The lowest BCUT2D eigenvalue weighted by Gasteiger charge is -2.31. The van der Waals surface area contributed by atoms with E-state index >= 15 is 0 Å². The van der Waals surface area contributed by atoms with Crippen molar-refractivity contribution in [3.8, 4) is 17.4 Å². The van der Waals surface area contributed by atoms with E-state index in [0.717, 1.165) is 37.3 Å². The molecule has 1 saturated heterocycles. The van der Waals surface area contributed by atoms with E-state index in [4.69, 9.17) is 14.2 Å². The van der Waals surface area contributed by atoms with Crippen molar-refractivity contribution in [1.29, 1.82) is 0 Å². The van der Waals surface area contributed by atoms with E-state index in [0.29, 0.717) is 42.8 Å². The van der Waals surface area contributed by atoms with Gasteiger partial charge in [-0.2, -0.15) is 0 Å². The largest absolute Gasteiger partial charge is 0.486 e. The first-order chi connectivity index (χ1) is 14.1. The van der Waals surface area contributed by atoms with Crippen LogP contribution in [-0.4, -0.2) is 59.7 Å². The van der Waals surface area contributed by atoms with Gasteiger partial charge in [0.05, 0.1) is 17.9 Å². The van der Waals surface area contributed by atoms with Gasteiger partial charge in [-0.25, -0.2) is 4.98 Å². The Labute approximate surface area is 170 Å². The number of ether oxygens (including phenoxy) is 3. The maximum atomic E-state index is 12.4. The summed E-state index contributed by atoms with van der Waals surface area (Å²) in [7, 11) is 0. The van der Waals surface area contributed by atoms with Crippen LogP contribution in [0.5, 0.6) is 17.4 Å². The topological polar surface area (TPSA) is 85.8 Å². The molecule has 0 bridgehead atoms. The number of carbonyl (C=O) groups is 1. The van der Waals surface area contributed by atoms with Gasteiger partial charge in [0.25, 0.3) is 0 Å². The number of anilines is 1. The summed E-state index contributed by atoms with van der Waals surface area (Å²) in [5.41, 5.74) is 2.36. The highest BCUT2D eigenvalue weighted by atomic mass is 16.6. The predicted octanol–water partition coefficient (Wildman–Crippen LogP) is 2.35. The highest BCUT2D eigenvalue weighted by Crippen LogP contribution is 2.32. The van der Waals surface area contributed by atoms with Crippen LogP contribution < -0.4 is 19.5 Å². The molecule has 0 radical (unpaired) electrons. The Hall–Kier alpha value is -2.87. The predicted molar refractivity (Wildman–Crippen MR) is 108 cm³/mol. The summed E-state index contributed by atoms with van der Waals surface area (Å²) in [6, 6.07) is 5.46. The molecule has 154 valence electrons. The molecule has 2 aliphatic heterocycles. The monoisotopic (exact) mass is 398 g/mol. The first kappa shape index (κ1) is 19.4. The van der Waals surface area contributed by atoms with Crippen LogP contribution in [0.3, 0.4) is 0 Å². The zero-order chi connectivity index (χ0) is 20.2. The number of likely N-dealkylation sites (tertiary alicyclic amines) is 1. The number of aryl methyl sites for hydroxylation is 2. The Morgan fingerprint density at radius 2 is 1.97 bits per heavy atom. The van der Waals surface area contributed by atoms with Crippen molar-refractivity contribution in [2.24, 2.45) is 0 Å². The number of piperidine rings is 1. The molecular formula is C21H26N4O4. The SMILES string of the molecule is Cc1cnc(C)c(OC2CCN(CC(=O)Nc3ccc4c(c3)OCCO4)CC2)n1. The number of benzene rings is 1. The molecule has 1 amide bonds. The summed E-state index contributed by atoms with van der Waals surface area (Å²) in [5, 5.41) is 2.94. The van der Waals surface area contributed by atoms with Gasteiger partial charge in [-0.15, -0.1) is 0 Å². The summed E-state index contributed by atoms with van der Waals surface area (Å²) in [6.07, 6.45) is 3.55. The van der Waals surface area contributed by atoms with Gasteiger partial charge in [-0.3, -0.25) is 14.7 Å². The molecule has 1 N–H and O–H groups in total. The van der Waals surface area contributed by atoms with E-state index in [-0.39, 0.29) is 12.0 Å². The molecule has 1 fully saturated rings. The first-order valence-electron chi connectivity index (χ1n) is 9.95. The Morgan fingerprint density at radius 1 is 1.21 bits per heavy atom. The van der Waals surface area contributed by atoms with Crippen LogP contribution in [0.25, 0.3) is 0 Å². The van der Waals surface area contributed by atoms with Gasteiger partial charge >= 0.3 is 0 Å². The Balaban J connectivity index is 1.25. The third-order valence-electron chi connectivity index (χ3n) is 5.04. The van der Waals surface area contributed by atoms with Crippen LogP contribution >= 0.6 is 0 Å². The quantitative estimate of drug-likeness (QED) is 0.827. The van der Waals surface area contributed by atoms with E-state index in [1.807, 2.05) is 26.0 Å². The number of rotatable bonds is 5. The molecule has 8 heteroatoms. The smallest absolute Gasteiger partial charge is 0.238 e. The fourth-order valence-electron chi connectivity index (χ4n) is 3.49. The fraction of sp³-hybridized carbons (Fsp3) is 0.476. The van der Waals surface area contributed by atoms with Gasteiger partial charge in [-0.05, 0) is 38.8 Å². The Bertz CT molecular complexity index is 881. The number of nitrogens with one attached hydrogen (secondary N) is 1. The highest BCUT2D eigenvalue weighted by Gasteiger charge is 2.23. The van der Waals surface area contributed by atoms with E-state index in [2.05, 4.69) is 20.2 Å².